The van der Waals surface area contributed by atoms with E-state index in [1.54, 1.807) is 18.6 Å². The molecular weight excluding hydrogens is 350 g/mol. The van der Waals surface area contributed by atoms with Gasteiger partial charge in [-0.15, -0.1) is 5.10 Å². The number of benzene rings is 1. The molecule has 132 valence electrons. The van der Waals surface area contributed by atoms with Crippen LogP contribution >= 0.6 is 0 Å². The van der Waals surface area contributed by atoms with Gasteiger partial charge in [-0.25, -0.2) is 27.7 Å². The Morgan fingerprint density at radius 1 is 1.08 bits per heavy atom. The Bertz CT molecular complexity index is 929. The number of aryl methyl sites for hydroxylation is 2. The van der Waals surface area contributed by atoms with E-state index in [2.05, 4.69) is 25.2 Å². The van der Waals surface area contributed by atoms with Crippen LogP contribution in [0.3, 0.4) is 0 Å². The zero-order chi connectivity index (χ0) is 18.6. The quantitative estimate of drug-likeness (QED) is 0.758. The van der Waals surface area contributed by atoms with E-state index in [4.69, 9.17) is 0 Å². The number of ether oxygens (including phenoxy) is 1. The van der Waals surface area contributed by atoms with Crippen LogP contribution in [0.5, 0.6) is 0 Å². The molecule has 2 rings (SSSR count). The number of nitrogens with zero attached hydrogens (tertiary/aromatic N) is 3. The van der Waals surface area contributed by atoms with E-state index in [0.29, 0.717) is 11.4 Å². The summed E-state index contributed by atoms with van der Waals surface area (Å²) < 4.78 is 31.0. The number of urea groups is 1. The number of esters is 1. The molecule has 0 spiro atoms. The van der Waals surface area contributed by atoms with Crippen molar-refractivity contribution in [1.82, 2.24) is 19.9 Å². The molecule has 0 radical (unpaired) electrons. The fourth-order valence-electron chi connectivity index (χ4n) is 1.79. The van der Waals surface area contributed by atoms with E-state index >= 15 is 0 Å². The molecule has 25 heavy (non-hydrogen) atoms. The number of anilines is 1. The van der Waals surface area contributed by atoms with E-state index < -0.39 is 26.9 Å². The number of hydrogen-bond donors (Lipinski definition) is 2. The number of carbonyl (C=O) groups excluding carboxylic acids is 2. The second kappa shape index (κ2) is 7.21. The maximum atomic E-state index is 12.4. The Morgan fingerprint density at radius 3 is 2.40 bits per heavy atom. The molecule has 1 heterocycles. The zero-order valence-electron chi connectivity index (χ0n) is 13.6. The van der Waals surface area contributed by atoms with Gasteiger partial charge in [-0.3, -0.25) is 5.32 Å². The predicted octanol–water partition coefficient (Wildman–Crippen LogP) is 0.785. The Kier molecular flexibility index (Phi) is 5.27. The Morgan fingerprint density at radius 2 is 1.76 bits per heavy atom. The van der Waals surface area contributed by atoms with E-state index in [9.17, 15) is 18.0 Å². The lowest BCUT2D eigenvalue weighted by Crippen LogP contribution is -2.35. The third-order valence-corrected chi connectivity index (χ3v) is 4.52. The molecule has 0 saturated heterocycles. The molecule has 0 aliphatic carbocycles. The molecule has 11 heteroatoms. The summed E-state index contributed by atoms with van der Waals surface area (Å²) in [5.74, 6) is -1.000. The van der Waals surface area contributed by atoms with Gasteiger partial charge in [0.25, 0.3) is 16.0 Å². The van der Waals surface area contributed by atoms with Crippen molar-refractivity contribution in [2.45, 2.75) is 18.7 Å². The SMILES string of the molecule is COC(=O)c1ccccc1S(=O)(=O)NC(=O)Nc1nnc(C)c(C)n1. The molecule has 0 fully saturated rings. The lowest BCUT2D eigenvalue weighted by Gasteiger charge is -2.10. The second-order valence-corrected chi connectivity index (χ2v) is 6.50. The Hall–Kier alpha value is -3.08. The third kappa shape index (κ3) is 4.26. The Labute approximate surface area is 143 Å². The number of methoxy groups -OCH3 is 1. The maximum absolute atomic E-state index is 12.4. The van der Waals surface area contributed by atoms with Gasteiger partial charge >= 0.3 is 12.0 Å². The van der Waals surface area contributed by atoms with Crippen molar-refractivity contribution in [2.24, 2.45) is 0 Å². The summed E-state index contributed by atoms with van der Waals surface area (Å²) in [6.45, 7) is 3.35. The van der Waals surface area contributed by atoms with Gasteiger partial charge in [0.05, 0.1) is 24.1 Å². The van der Waals surface area contributed by atoms with Crippen LogP contribution < -0.4 is 10.0 Å². The van der Waals surface area contributed by atoms with Gasteiger partial charge in [0, 0.05) is 0 Å². The highest BCUT2D eigenvalue weighted by Crippen LogP contribution is 2.16. The molecule has 2 N–H and O–H groups in total. The summed E-state index contributed by atoms with van der Waals surface area (Å²) in [6, 6.07) is 4.24. The van der Waals surface area contributed by atoms with E-state index in [1.165, 1.54) is 24.3 Å². The number of amides is 2. The average molecular weight is 365 g/mol. The summed E-state index contributed by atoms with van der Waals surface area (Å²) in [5, 5.41) is 9.58. The van der Waals surface area contributed by atoms with Crippen molar-refractivity contribution in [3.05, 3.63) is 41.2 Å². The van der Waals surface area contributed by atoms with Crippen molar-refractivity contribution in [3.8, 4) is 0 Å². The van der Waals surface area contributed by atoms with Gasteiger partial charge in [-0.05, 0) is 26.0 Å². The third-order valence-electron chi connectivity index (χ3n) is 3.13. The summed E-state index contributed by atoms with van der Waals surface area (Å²) in [5.41, 5.74) is 0.907. The van der Waals surface area contributed by atoms with Crippen LogP contribution in [0.15, 0.2) is 29.2 Å². The van der Waals surface area contributed by atoms with Crippen molar-refractivity contribution < 1.29 is 22.7 Å². The molecule has 0 aliphatic heterocycles. The number of aromatic nitrogens is 3. The van der Waals surface area contributed by atoms with Gasteiger partial charge < -0.3 is 4.74 Å². The van der Waals surface area contributed by atoms with Gasteiger partial charge in [-0.2, -0.15) is 5.10 Å². The number of sulfonamides is 1. The minimum atomic E-state index is -4.32. The zero-order valence-corrected chi connectivity index (χ0v) is 14.4. The van der Waals surface area contributed by atoms with Crippen LogP contribution in [0, 0.1) is 13.8 Å². The predicted molar refractivity (Wildman–Crippen MR) is 86.4 cm³/mol. The van der Waals surface area contributed by atoms with E-state index in [1.807, 2.05) is 0 Å². The molecule has 10 nitrogen and oxygen atoms in total. The van der Waals surface area contributed by atoms with Crippen LogP contribution in [0.1, 0.15) is 21.7 Å². The molecule has 0 aliphatic rings. The fraction of sp³-hybridized carbons (Fsp3) is 0.214. The first kappa shape index (κ1) is 18.3. The number of hydrogen-bond acceptors (Lipinski definition) is 8. The molecule has 1 aromatic heterocycles. The molecule has 2 amide bonds. The topological polar surface area (TPSA) is 140 Å². The Balaban J connectivity index is 2.22. The minimum Gasteiger partial charge on any atom is -0.465 e. The van der Waals surface area contributed by atoms with Crippen LogP contribution in [0.2, 0.25) is 0 Å². The highest BCUT2D eigenvalue weighted by molar-refractivity contribution is 7.90. The average Bonchev–Trinajstić information content (AvgIpc) is 2.57. The summed E-state index contributed by atoms with van der Waals surface area (Å²) in [6.07, 6.45) is 0. The lowest BCUT2D eigenvalue weighted by atomic mass is 10.2. The molecule has 0 saturated carbocycles. The minimum absolute atomic E-state index is 0.156. The van der Waals surface area contributed by atoms with E-state index in [-0.39, 0.29) is 11.5 Å². The standard InChI is InChI=1S/C14H15N5O5S/c1-8-9(2)17-18-13(15-8)16-14(21)19-25(22,23)11-7-5-4-6-10(11)12(20)24-3/h4-7H,1-3H3,(H2,15,16,18,19,21). The summed E-state index contributed by atoms with van der Waals surface area (Å²) in [4.78, 5) is 27.2. The molecule has 0 unspecified atom stereocenters. The van der Waals surface area contributed by atoms with Gasteiger partial charge in [0.15, 0.2) is 0 Å². The maximum Gasteiger partial charge on any atom is 0.339 e. The first-order valence-electron chi connectivity index (χ1n) is 6.93. The molecule has 2 aromatic rings. The smallest absolute Gasteiger partial charge is 0.339 e. The summed E-state index contributed by atoms with van der Waals surface area (Å²) in [7, 11) is -3.20. The molecule has 0 atom stereocenters. The second-order valence-electron chi connectivity index (χ2n) is 4.85. The van der Waals surface area contributed by atoms with Crippen molar-refractivity contribution >= 4 is 28.0 Å². The summed E-state index contributed by atoms with van der Waals surface area (Å²) >= 11 is 0. The van der Waals surface area contributed by atoms with Crippen molar-refractivity contribution in [2.75, 3.05) is 12.4 Å². The molecule has 0 bridgehead atoms. The first-order chi connectivity index (χ1) is 11.7. The number of nitrogens with one attached hydrogen (secondary N) is 2. The largest absolute Gasteiger partial charge is 0.465 e. The number of rotatable bonds is 4. The monoisotopic (exact) mass is 365 g/mol. The van der Waals surface area contributed by atoms with Crippen LogP contribution in [0.4, 0.5) is 10.7 Å². The first-order valence-corrected chi connectivity index (χ1v) is 8.42. The molecule has 1 aromatic carbocycles. The van der Waals surface area contributed by atoms with Crippen LogP contribution in [0.25, 0.3) is 0 Å². The highest BCUT2D eigenvalue weighted by Gasteiger charge is 2.25. The fourth-order valence-corrected chi connectivity index (χ4v) is 2.90. The van der Waals surface area contributed by atoms with Crippen molar-refractivity contribution in [3.63, 3.8) is 0 Å². The van der Waals surface area contributed by atoms with E-state index in [0.717, 1.165) is 7.11 Å². The molecular formula is C14H15N5O5S. The lowest BCUT2D eigenvalue weighted by molar-refractivity contribution is 0.0596. The van der Waals surface area contributed by atoms with Gasteiger partial charge in [0.2, 0.25) is 0 Å². The van der Waals surface area contributed by atoms with Crippen LogP contribution in [-0.4, -0.2) is 42.7 Å². The van der Waals surface area contributed by atoms with Crippen LogP contribution in [-0.2, 0) is 14.8 Å². The number of carbonyl (C=O) groups is 2. The van der Waals surface area contributed by atoms with Crippen molar-refractivity contribution in [1.29, 1.82) is 0 Å². The van der Waals surface area contributed by atoms with Gasteiger partial charge in [0.1, 0.15) is 4.90 Å². The highest BCUT2D eigenvalue weighted by atomic mass is 32.2. The van der Waals surface area contributed by atoms with Gasteiger partial charge in [-0.1, -0.05) is 12.1 Å². The normalized spacial score (nSPS) is 10.8.